The van der Waals surface area contributed by atoms with E-state index in [1.807, 2.05) is 22.8 Å². The Morgan fingerprint density at radius 1 is 1.25 bits per heavy atom. The summed E-state index contributed by atoms with van der Waals surface area (Å²) in [4.78, 5) is 14.8. The van der Waals surface area contributed by atoms with Crippen molar-refractivity contribution in [3.05, 3.63) is 82.2 Å². The van der Waals surface area contributed by atoms with Gasteiger partial charge in [0.05, 0.1) is 4.92 Å². The lowest BCUT2D eigenvalue weighted by atomic mass is 10.1. The minimum absolute atomic E-state index is 0.00242. The van der Waals surface area contributed by atoms with E-state index in [2.05, 4.69) is 4.98 Å². The molecular formula is C17H15N5O2. The van der Waals surface area contributed by atoms with Crippen LogP contribution in [0.2, 0.25) is 0 Å². The highest BCUT2D eigenvalue weighted by Gasteiger charge is 2.13. The van der Waals surface area contributed by atoms with Crippen molar-refractivity contribution in [2.45, 2.75) is 6.54 Å². The van der Waals surface area contributed by atoms with Crippen LogP contribution in [0.5, 0.6) is 0 Å². The molecule has 0 aliphatic carbocycles. The molecule has 3 rings (SSSR count). The van der Waals surface area contributed by atoms with E-state index in [9.17, 15) is 10.1 Å². The fourth-order valence-electron chi connectivity index (χ4n) is 2.56. The van der Waals surface area contributed by atoms with Gasteiger partial charge in [-0.3, -0.25) is 15.5 Å². The third kappa shape index (κ3) is 3.00. The van der Waals surface area contributed by atoms with Crippen molar-refractivity contribution in [3.8, 4) is 11.4 Å². The third-order valence-corrected chi connectivity index (χ3v) is 3.68. The summed E-state index contributed by atoms with van der Waals surface area (Å²) in [5.74, 6) is 0.625. The largest absolute Gasteiger partial charge is 0.384 e. The SMILES string of the molecule is N=C(N)c1ccccc1Cn1ccnc1-c1cccc([N+](=O)[O-])c1. The van der Waals surface area contributed by atoms with Gasteiger partial charge in [0.2, 0.25) is 0 Å². The van der Waals surface area contributed by atoms with Gasteiger partial charge >= 0.3 is 0 Å². The smallest absolute Gasteiger partial charge is 0.270 e. The standard InChI is InChI=1S/C17H15N5O2/c18-16(19)15-7-2-1-4-13(15)11-21-9-8-20-17(21)12-5-3-6-14(10-12)22(23)24/h1-10H,11H2,(H3,18,19). The van der Waals surface area contributed by atoms with Gasteiger partial charge in [0.15, 0.2) is 0 Å². The zero-order valence-electron chi connectivity index (χ0n) is 12.7. The second kappa shape index (κ2) is 6.33. The first-order valence-corrected chi connectivity index (χ1v) is 7.24. The van der Waals surface area contributed by atoms with Gasteiger partial charge in [-0.1, -0.05) is 36.4 Å². The van der Waals surface area contributed by atoms with Gasteiger partial charge in [-0.05, 0) is 5.56 Å². The molecule has 0 bridgehead atoms. The minimum Gasteiger partial charge on any atom is -0.384 e. The Morgan fingerprint density at radius 2 is 2.04 bits per heavy atom. The van der Waals surface area contributed by atoms with E-state index in [-0.39, 0.29) is 11.5 Å². The zero-order valence-corrected chi connectivity index (χ0v) is 12.7. The molecule has 0 fully saturated rings. The van der Waals surface area contributed by atoms with Crippen LogP contribution in [0.15, 0.2) is 60.9 Å². The number of amidine groups is 1. The van der Waals surface area contributed by atoms with Crippen molar-refractivity contribution in [2.24, 2.45) is 5.73 Å². The van der Waals surface area contributed by atoms with Crippen LogP contribution in [0.25, 0.3) is 11.4 Å². The van der Waals surface area contributed by atoms with E-state index in [1.165, 1.54) is 12.1 Å². The summed E-state index contributed by atoms with van der Waals surface area (Å²) in [5, 5.41) is 18.6. The van der Waals surface area contributed by atoms with Crippen LogP contribution < -0.4 is 5.73 Å². The summed E-state index contributed by atoms with van der Waals surface area (Å²) in [7, 11) is 0. The van der Waals surface area contributed by atoms with Gasteiger partial charge in [-0.25, -0.2) is 4.98 Å². The van der Waals surface area contributed by atoms with E-state index in [0.29, 0.717) is 23.5 Å². The fourth-order valence-corrected chi connectivity index (χ4v) is 2.56. The van der Waals surface area contributed by atoms with Crippen LogP contribution in [0.4, 0.5) is 5.69 Å². The van der Waals surface area contributed by atoms with Crippen LogP contribution >= 0.6 is 0 Å². The summed E-state index contributed by atoms with van der Waals surface area (Å²) < 4.78 is 1.88. The maximum Gasteiger partial charge on any atom is 0.270 e. The Labute approximate surface area is 138 Å². The lowest BCUT2D eigenvalue weighted by Gasteiger charge is -2.11. The van der Waals surface area contributed by atoms with Crippen molar-refractivity contribution in [1.29, 1.82) is 5.41 Å². The van der Waals surface area contributed by atoms with E-state index in [4.69, 9.17) is 11.1 Å². The third-order valence-electron chi connectivity index (χ3n) is 3.68. The number of hydrogen-bond acceptors (Lipinski definition) is 4. The molecule has 2 aromatic carbocycles. The van der Waals surface area contributed by atoms with Crippen molar-refractivity contribution in [1.82, 2.24) is 9.55 Å². The maximum absolute atomic E-state index is 11.0. The molecule has 0 saturated carbocycles. The van der Waals surface area contributed by atoms with Gasteiger partial charge in [0, 0.05) is 42.2 Å². The van der Waals surface area contributed by atoms with Crippen molar-refractivity contribution < 1.29 is 4.92 Å². The number of nitro benzene ring substituents is 1. The number of hydrogen-bond donors (Lipinski definition) is 2. The Hall–Kier alpha value is -3.48. The summed E-state index contributed by atoms with van der Waals surface area (Å²) in [6, 6.07) is 13.8. The molecule has 24 heavy (non-hydrogen) atoms. The predicted molar refractivity (Wildman–Crippen MR) is 90.9 cm³/mol. The van der Waals surface area contributed by atoms with Crippen LogP contribution in [0, 0.1) is 15.5 Å². The molecule has 0 atom stereocenters. The van der Waals surface area contributed by atoms with E-state index < -0.39 is 4.92 Å². The Morgan fingerprint density at radius 3 is 2.79 bits per heavy atom. The number of nitrogens with two attached hydrogens (primary N) is 1. The van der Waals surface area contributed by atoms with Crippen LogP contribution in [0.1, 0.15) is 11.1 Å². The normalized spacial score (nSPS) is 10.5. The van der Waals surface area contributed by atoms with Crippen molar-refractivity contribution >= 4 is 11.5 Å². The monoisotopic (exact) mass is 321 g/mol. The predicted octanol–water partition coefficient (Wildman–Crippen LogP) is 2.79. The highest BCUT2D eigenvalue weighted by molar-refractivity contribution is 5.96. The van der Waals surface area contributed by atoms with E-state index >= 15 is 0 Å². The first-order valence-electron chi connectivity index (χ1n) is 7.24. The molecule has 1 aromatic heterocycles. The molecule has 0 spiro atoms. The molecule has 1 heterocycles. The molecule has 3 N–H and O–H groups in total. The molecule has 0 aliphatic rings. The summed E-state index contributed by atoms with van der Waals surface area (Å²) >= 11 is 0. The number of benzene rings is 2. The van der Waals surface area contributed by atoms with E-state index in [0.717, 1.165) is 5.56 Å². The number of aromatic nitrogens is 2. The minimum atomic E-state index is -0.429. The lowest BCUT2D eigenvalue weighted by molar-refractivity contribution is -0.384. The number of nitrogen functional groups attached to an aromatic ring is 1. The molecular weight excluding hydrogens is 306 g/mol. The quantitative estimate of drug-likeness (QED) is 0.326. The molecule has 0 unspecified atom stereocenters. The molecule has 7 heteroatoms. The number of nitro groups is 1. The number of nitrogens with zero attached hydrogens (tertiary/aromatic N) is 3. The van der Waals surface area contributed by atoms with E-state index in [1.54, 1.807) is 30.6 Å². The maximum atomic E-state index is 11.0. The second-order valence-electron chi connectivity index (χ2n) is 5.26. The molecule has 0 amide bonds. The Balaban J connectivity index is 1.99. The van der Waals surface area contributed by atoms with Gasteiger partial charge < -0.3 is 10.3 Å². The first kappa shape index (κ1) is 15.4. The number of imidazole rings is 1. The van der Waals surface area contributed by atoms with Gasteiger partial charge in [-0.15, -0.1) is 0 Å². The highest BCUT2D eigenvalue weighted by atomic mass is 16.6. The molecule has 3 aromatic rings. The fraction of sp³-hybridized carbons (Fsp3) is 0.0588. The van der Waals surface area contributed by atoms with Gasteiger partial charge in [-0.2, -0.15) is 0 Å². The van der Waals surface area contributed by atoms with Gasteiger partial charge in [0.1, 0.15) is 11.7 Å². The van der Waals surface area contributed by atoms with Crippen LogP contribution in [-0.2, 0) is 6.54 Å². The Bertz CT molecular complexity index is 917. The Kier molecular flexibility index (Phi) is 4.07. The summed E-state index contributed by atoms with van der Waals surface area (Å²) in [6.45, 7) is 0.466. The summed E-state index contributed by atoms with van der Waals surface area (Å²) in [5.41, 5.74) is 7.86. The first-order chi connectivity index (χ1) is 11.6. The second-order valence-corrected chi connectivity index (χ2v) is 5.26. The lowest BCUT2D eigenvalue weighted by Crippen LogP contribution is -2.15. The molecule has 7 nitrogen and oxygen atoms in total. The van der Waals surface area contributed by atoms with Gasteiger partial charge in [0.25, 0.3) is 5.69 Å². The number of nitrogens with one attached hydrogen (secondary N) is 1. The van der Waals surface area contributed by atoms with Crippen LogP contribution in [-0.4, -0.2) is 20.3 Å². The zero-order chi connectivity index (χ0) is 17.1. The molecule has 0 saturated heterocycles. The summed E-state index contributed by atoms with van der Waals surface area (Å²) in [6.07, 6.45) is 3.44. The molecule has 0 aliphatic heterocycles. The van der Waals surface area contributed by atoms with Crippen molar-refractivity contribution in [3.63, 3.8) is 0 Å². The van der Waals surface area contributed by atoms with Crippen molar-refractivity contribution in [2.75, 3.05) is 0 Å². The number of non-ortho nitro benzene ring substituents is 1. The molecule has 0 radical (unpaired) electrons. The topological polar surface area (TPSA) is 111 Å². The van der Waals surface area contributed by atoms with Crippen LogP contribution in [0.3, 0.4) is 0 Å². The number of rotatable bonds is 5. The molecule has 120 valence electrons. The average molecular weight is 321 g/mol. The highest BCUT2D eigenvalue weighted by Crippen LogP contribution is 2.23. The average Bonchev–Trinajstić information content (AvgIpc) is 3.03.